The summed E-state index contributed by atoms with van der Waals surface area (Å²) in [6, 6.07) is 0. The van der Waals surface area contributed by atoms with E-state index in [0.717, 1.165) is 17.4 Å². The van der Waals surface area contributed by atoms with Crippen molar-refractivity contribution in [2.75, 3.05) is 0 Å². The van der Waals surface area contributed by atoms with Crippen molar-refractivity contribution >= 4 is 11.6 Å². The molecule has 1 heteroatoms. The fourth-order valence-corrected chi connectivity index (χ4v) is 1.94. The minimum atomic E-state index is 0.809. The minimum absolute atomic E-state index is 0.809. The molecule has 0 radical (unpaired) electrons. The number of fused-ring (bicyclic) bond motifs is 1. The second-order valence-corrected chi connectivity index (χ2v) is 4.18. The Bertz CT molecular complexity index is 305. The van der Waals surface area contributed by atoms with Crippen LogP contribution in [0, 0.1) is 5.92 Å². The molecule has 0 aromatic carbocycles. The maximum Gasteiger partial charge on any atom is 0.0395 e. The normalized spacial score (nSPS) is 34.4. The van der Waals surface area contributed by atoms with Gasteiger partial charge in [0.2, 0.25) is 0 Å². The van der Waals surface area contributed by atoms with E-state index in [9.17, 15) is 0 Å². The third-order valence-electron chi connectivity index (χ3n) is 2.75. The molecule has 1 saturated carbocycles. The van der Waals surface area contributed by atoms with Crippen LogP contribution in [0.4, 0.5) is 0 Å². The Morgan fingerprint density at radius 2 is 2.00 bits per heavy atom. The molecule has 12 heavy (non-hydrogen) atoms. The number of allylic oxidation sites excluding steroid dienone is 6. The van der Waals surface area contributed by atoms with Gasteiger partial charge in [-0.05, 0) is 38.7 Å². The van der Waals surface area contributed by atoms with E-state index in [1.54, 1.807) is 5.57 Å². The molecule has 0 aliphatic heterocycles. The highest BCUT2D eigenvalue weighted by Gasteiger charge is 2.31. The first-order valence-corrected chi connectivity index (χ1v) is 4.79. The highest BCUT2D eigenvalue weighted by molar-refractivity contribution is 6.31. The molecule has 1 fully saturated rings. The van der Waals surface area contributed by atoms with Gasteiger partial charge >= 0.3 is 0 Å². The molecule has 0 spiro atoms. The number of halogens is 1. The molecule has 1 atom stereocenters. The fourth-order valence-electron chi connectivity index (χ4n) is 1.80. The summed E-state index contributed by atoms with van der Waals surface area (Å²) in [5.41, 5.74) is 4.39. The number of rotatable bonds is 0. The van der Waals surface area contributed by atoms with E-state index in [-0.39, 0.29) is 0 Å². The third kappa shape index (κ3) is 1.36. The predicted octanol–water partition coefficient (Wildman–Crippen LogP) is 3.80. The van der Waals surface area contributed by atoms with Crippen molar-refractivity contribution in [1.82, 2.24) is 0 Å². The molecule has 64 valence electrons. The van der Waals surface area contributed by atoms with Crippen molar-refractivity contribution in [3.05, 3.63) is 33.9 Å². The fraction of sp³-hybridized carbons (Fsp3) is 0.455. The second kappa shape index (κ2) is 2.77. The molecule has 0 heterocycles. The Labute approximate surface area is 78.6 Å². The highest BCUT2D eigenvalue weighted by Crippen LogP contribution is 2.46. The van der Waals surface area contributed by atoms with Crippen molar-refractivity contribution in [2.45, 2.75) is 26.7 Å². The summed E-state index contributed by atoms with van der Waals surface area (Å²) < 4.78 is 0. The van der Waals surface area contributed by atoms with Crippen LogP contribution in [0.15, 0.2) is 33.9 Å². The summed E-state index contributed by atoms with van der Waals surface area (Å²) in [5, 5.41) is 0.931. The van der Waals surface area contributed by atoms with E-state index in [1.807, 2.05) is 6.08 Å². The van der Waals surface area contributed by atoms with Gasteiger partial charge in [-0.3, -0.25) is 0 Å². The molecular weight excluding hydrogens is 168 g/mol. The summed E-state index contributed by atoms with van der Waals surface area (Å²) in [6.45, 7) is 4.31. The zero-order chi connectivity index (χ0) is 8.72. The molecule has 0 aromatic rings. The van der Waals surface area contributed by atoms with Gasteiger partial charge in [0.05, 0.1) is 0 Å². The van der Waals surface area contributed by atoms with Crippen LogP contribution < -0.4 is 0 Å². The molecule has 0 amide bonds. The van der Waals surface area contributed by atoms with Crippen LogP contribution in [0.1, 0.15) is 26.7 Å². The van der Waals surface area contributed by atoms with Crippen LogP contribution in [0.3, 0.4) is 0 Å². The Balaban J connectivity index is 2.35. The lowest BCUT2D eigenvalue weighted by molar-refractivity contribution is 0.842. The average Bonchev–Trinajstić information content (AvgIpc) is 2.77. The third-order valence-corrected chi connectivity index (χ3v) is 3.19. The number of hydrogen-bond acceptors (Lipinski definition) is 0. The van der Waals surface area contributed by atoms with Crippen molar-refractivity contribution in [3.63, 3.8) is 0 Å². The van der Waals surface area contributed by atoms with Crippen molar-refractivity contribution in [3.8, 4) is 0 Å². The first kappa shape index (κ1) is 8.12. The van der Waals surface area contributed by atoms with Crippen LogP contribution in [0.5, 0.6) is 0 Å². The van der Waals surface area contributed by atoms with Gasteiger partial charge in [-0.15, -0.1) is 0 Å². The van der Waals surface area contributed by atoms with Gasteiger partial charge in [0.15, 0.2) is 0 Å². The van der Waals surface area contributed by atoms with Gasteiger partial charge in [-0.1, -0.05) is 34.4 Å². The van der Waals surface area contributed by atoms with Gasteiger partial charge in [-0.2, -0.15) is 0 Å². The quantitative estimate of drug-likeness (QED) is 0.532. The molecule has 0 aromatic heterocycles. The summed E-state index contributed by atoms with van der Waals surface area (Å²) >= 11 is 6.06. The van der Waals surface area contributed by atoms with Crippen molar-refractivity contribution < 1.29 is 0 Å². The minimum Gasteiger partial charge on any atom is -0.0844 e. The summed E-state index contributed by atoms with van der Waals surface area (Å²) in [6.07, 6.45) is 6.61. The molecule has 2 aliphatic carbocycles. The Kier molecular flexibility index (Phi) is 1.88. The van der Waals surface area contributed by atoms with Gasteiger partial charge in [0.25, 0.3) is 0 Å². The first-order chi connectivity index (χ1) is 5.68. The highest BCUT2D eigenvalue weighted by atomic mass is 35.5. The Morgan fingerprint density at radius 3 is 2.75 bits per heavy atom. The Hall–Kier alpha value is -0.490. The van der Waals surface area contributed by atoms with Gasteiger partial charge in [0.1, 0.15) is 0 Å². The summed E-state index contributed by atoms with van der Waals surface area (Å²) in [4.78, 5) is 0. The van der Waals surface area contributed by atoms with E-state index in [2.05, 4.69) is 19.9 Å². The topological polar surface area (TPSA) is 0 Å². The van der Waals surface area contributed by atoms with E-state index in [4.69, 9.17) is 11.6 Å². The molecule has 0 saturated heterocycles. The van der Waals surface area contributed by atoms with Gasteiger partial charge in [-0.25, -0.2) is 0 Å². The lowest BCUT2D eigenvalue weighted by Gasteiger charge is -2.03. The molecule has 2 rings (SSSR count). The summed E-state index contributed by atoms with van der Waals surface area (Å²) in [5.74, 6) is 0.809. The van der Waals surface area contributed by atoms with E-state index in [1.165, 1.54) is 17.6 Å². The molecule has 0 nitrogen and oxygen atoms in total. The molecule has 1 unspecified atom stereocenters. The van der Waals surface area contributed by atoms with Crippen molar-refractivity contribution in [1.29, 1.82) is 0 Å². The van der Waals surface area contributed by atoms with Crippen LogP contribution in [0.2, 0.25) is 0 Å². The zero-order valence-corrected chi connectivity index (χ0v) is 8.28. The lowest BCUT2D eigenvalue weighted by Crippen LogP contribution is -1.86. The van der Waals surface area contributed by atoms with Crippen LogP contribution in [0.25, 0.3) is 0 Å². The van der Waals surface area contributed by atoms with E-state index >= 15 is 0 Å². The SMILES string of the molecule is CC1=C2CC2C/C(C)=C(\Cl)C=C1. The van der Waals surface area contributed by atoms with Gasteiger partial charge in [0, 0.05) is 5.03 Å². The second-order valence-electron chi connectivity index (χ2n) is 3.78. The standard InChI is InChI=1S/C11H13Cl/c1-7-3-4-11(12)8(2)5-9-6-10(7)9/h3-4,9H,5-6H2,1-2H3/b4-3?,10-7?,11-8-. The molecule has 2 aliphatic rings. The average molecular weight is 181 g/mol. The monoisotopic (exact) mass is 180 g/mol. The molecular formula is C11H13Cl. The maximum atomic E-state index is 6.06. The Morgan fingerprint density at radius 1 is 1.25 bits per heavy atom. The maximum absolute atomic E-state index is 6.06. The first-order valence-electron chi connectivity index (χ1n) is 4.41. The predicted molar refractivity (Wildman–Crippen MR) is 53.1 cm³/mol. The van der Waals surface area contributed by atoms with E-state index in [0.29, 0.717) is 0 Å². The van der Waals surface area contributed by atoms with Crippen LogP contribution in [-0.4, -0.2) is 0 Å². The number of hydrogen-bond donors (Lipinski definition) is 0. The summed E-state index contributed by atoms with van der Waals surface area (Å²) in [7, 11) is 0. The van der Waals surface area contributed by atoms with Crippen LogP contribution >= 0.6 is 11.6 Å². The smallest absolute Gasteiger partial charge is 0.0395 e. The lowest BCUT2D eigenvalue weighted by atomic mass is 10.1. The van der Waals surface area contributed by atoms with Crippen molar-refractivity contribution in [2.24, 2.45) is 5.92 Å². The van der Waals surface area contributed by atoms with Gasteiger partial charge < -0.3 is 0 Å². The molecule has 0 N–H and O–H groups in total. The van der Waals surface area contributed by atoms with Crippen LogP contribution in [-0.2, 0) is 0 Å². The van der Waals surface area contributed by atoms with E-state index < -0.39 is 0 Å². The zero-order valence-electron chi connectivity index (χ0n) is 7.52. The molecule has 0 bridgehead atoms. The largest absolute Gasteiger partial charge is 0.0844 e.